The molecule has 0 aliphatic heterocycles. The smallest absolute Gasteiger partial charge is 0.163 e. The van der Waals surface area contributed by atoms with Gasteiger partial charge in [0.15, 0.2) is 11.5 Å². The summed E-state index contributed by atoms with van der Waals surface area (Å²) in [5, 5.41) is 0. The fourth-order valence-electron chi connectivity index (χ4n) is 2.15. The molecule has 0 radical (unpaired) electrons. The first-order valence-corrected chi connectivity index (χ1v) is 7.78. The zero-order valence-corrected chi connectivity index (χ0v) is 14.6. The van der Waals surface area contributed by atoms with Gasteiger partial charge in [-0.25, -0.2) is 4.98 Å². The van der Waals surface area contributed by atoms with Crippen LogP contribution in [-0.2, 0) is 0 Å². The van der Waals surface area contributed by atoms with Crippen LogP contribution in [0.1, 0.15) is 0 Å². The molecular formula is C15H12Br2N2O2. The van der Waals surface area contributed by atoms with Crippen molar-refractivity contribution in [1.29, 1.82) is 0 Å². The molecule has 0 unspecified atom stereocenters. The van der Waals surface area contributed by atoms with Crippen LogP contribution < -0.4 is 9.47 Å². The molecule has 0 bridgehead atoms. The summed E-state index contributed by atoms with van der Waals surface area (Å²) in [5.74, 6) is 2.13. The van der Waals surface area contributed by atoms with E-state index >= 15 is 0 Å². The number of nitrogens with one attached hydrogen (secondary N) is 1. The van der Waals surface area contributed by atoms with Gasteiger partial charge < -0.3 is 14.5 Å². The molecule has 1 N–H and O–H groups in total. The van der Waals surface area contributed by atoms with E-state index in [0.29, 0.717) is 11.5 Å². The standard InChI is InChI=1S/C15H12Br2N2O2/c1-20-13-6-11-12(7-14(13)21-2)19-15(18-11)9-4-3-8(16)5-10(9)17/h3-7H,1-2H3,(H,18,19). The van der Waals surface area contributed by atoms with E-state index in [1.54, 1.807) is 14.2 Å². The maximum absolute atomic E-state index is 5.31. The molecule has 1 aromatic heterocycles. The zero-order valence-electron chi connectivity index (χ0n) is 11.4. The van der Waals surface area contributed by atoms with Crippen molar-refractivity contribution in [2.75, 3.05) is 14.2 Å². The Morgan fingerprint density at radius 3 is 2.38 bits per heavy atom. The lowest BCUT2D eigenvalue weighted by atomic mass is 10.2. The number of hydrogen-bond donors (Lipinski definition) is 1. The van der Waals surface area contributed by atoms with E-state index in [9.17, 15) is 0 Å². The van der Waals surface area contributed by atoms with E-state index in [2.05, 4.69) is 41.8 Å². The third-order valence-electron chi connectivity index (χ3n) is 3.17. The Morgan fingerprint density at radius 2 is 1.71 bits per heavy atom. The molecule has 0 aliphatic rings. The summed E-state index contributed by atoms with van der Waals surface area (Å²) in [6.45, 7) is 0. The summed E-state index contributed by atoms with van der Waals surface area (Å²) in [6, 6.07) is 9.72. The molecule has 0 saturated carbocycles. The van der Waals surface area contributed by atoms with Crippen LogP contribution >= 0.6 is 31.9 Å². The Morgan fingerprint density at radius 1 is 1.00 bits per heavy atom. The van der Waals surface area contributed by atoms with Crippen molar-refractivity contribution in [2.24, 2.45) is 0 Å². The number of halogens is 2. The average Bonchev–Trinajstić information content (AvgIpc) is 2.87. The molecule has 0 spiro atoms. The Hall–Kier alpha value is -1.53. The number of imidazole rings is 1. The van der Waals surface area contributed by atoms with Crippen LogP contribution in [0.5, 0.6) is 11.5 Å². The van der Waals surface area contributed by atoms with Gasteiger partial charge in [-0.2, -0.15) is 0 Å². The number of H-pyrrole nitrogens is 1. The fraction of sp³-hybridized carbons (Fsp3) is 0.133. The normalized spacial score (nSPS) is 10.9. The van der Waals surface area contributed by atoms with Gasteiger partial charge in [-0.1, -0.05) is 15.9 Å². The average molecular weight is 412 g/mol. The second-order valence-corrected chi connectivity index (χ2v) is 6.20. The van der Waals surface area contributed by atoms with Crippen molar-refractivity contribution in [1.82, 2.24) is 9.97 Å². The van der Waals surface area contributed by atoms with Gasteiger partial charge in [-0.3, -0.25) is 0 Å². The first-order valence-electron chi connectivity index (χ1n) is 6.19. The summed E-state index contributed by atoms with van der Waals surface area (Å²) < 4.78 is 12.6. The zero-order chi connectivity index (χ0) is 15.0. The lowest BCUT2D eigenvalue weighted by Crippen LogP contribution is -1.89. The third-order valence-corrected chi connectivity index (χ3v) is 4.32. The summed E-state index contributed by atoms with van der Waals surface area (Å²) in [7, 11) is 3.23. The van der Waals surface area contributed by atoms with Crippen molar-refractivity contribution >= 4 is 42.9 Å². The van der Waals surface area contributed by atoms with Gasteiger partial charge in [-0.05, 0) is 34.1 Å². The number of fused-ring (bicyclic) bond motifs is 1. The first kappa shape index (κ1) is 14.4. The van der Waals surface area contributed by atoms with E-state index < -0.39 is 0 Å². The van der Waals surface area contributed by atoms with Crippen LogP contribution in [0.2, 0.25) is 0 Å². The van der Waals surface area contributed by atoms with Crippen LogP contribution in [0.4, 0.5) is 0 Å². The molecule has 0 aliphatic carbocycles. The largest absolute Gasteiger partial charge is 0.493 e. The van der Waals surface area contributed by atoms with Crippen molar-refractivity contribution in [3.8, 4) is 22.9 Å². The highest BCUT2D eigenvalue weighted by atomic mass is 79.9. The predicted octanol–water partition coefficient (Wildman–Crippen LogP) is 4.77. The minimum atomic E-state index is 0.665. The van der Waals surface area contributed by atoms with Gasteiger partial charge in [-0.15, -0.1) is 0 Å². The quantitative estimate of drug-likeness (QED) is 0.675. The molecule has 0 atom stereocenters. The molecule has 6 heteroatoms. The van der Waals surface area contributed by atoms with Crippen molar-refractivity contribution in [2.45, 2.75) is 0 Å². The SMILES string of the molecule is COc1cc2nc(-c3ccc(Br)cc3Br)[nH]c2cc1OC. The number of ether oxygens (including phenoxy) is 2. The Labute approximate surface area is 138 Å². The Balaban J connectivity index is 2.16. The number of nitrogens with zero attached hydrogens (tertiary/aromatic N) is 1. The van der Waals surface area contributed by atoms with Gasteiger partial charge in [0.1, 0.15) is 5.82 Å². The van der Waals surface area contributed by atoms with E-state index in [1.165, 1.54) is 0 Å². The maximum Gasteiger partial charge on any atom is 0.163 e. The molecular weight excluding hydrogens is 400 g/mol. The van der Waals surface area contributed by atoms with Gasteiger partial charge in [0.05, 0.1) is 25.3 Å². The van der Waals surface area contributed by atoms with E-state index in [-0.39, 0.29) is 0 Å². The highest BCUT2D eigenvalue weighted by Gasteiger charge is 2.12. The van der Waals surface area contributed by atoms with Crippen LogP contribution in [0.15, 0.2) is 39.3 Å². The van der Waals surface area contributed by atoms with E-state index in [1.807, 2.05) is 30.3 Å². The summed E-state index contributed by atoms with van der Waals surface area (Å²) >= 11 is 7.01. The summed E-state index contributed by atoms with van der Waals surface area (Å²) in [5.41, 5.74) is 2.72. The Kier molecular flexibility index (Phi) is 3.91. The fourth-order valence-corrected chi connectivity index (χ4v) is 3.38. The molecule has 2 aromatic carbocycles. The molecule has 0 saturated heterocycles. The van der Waals surface area contributed by atoms with Crippen LogP contribution in [-0.4, -0.2) is 24.2 Å². The number of benzene rings is 2. The van der Waals surface area contributed by atoms with Gasteiger partial charge in [0.2, 0.25) is 0 Å². The lowest BCUT2D eigenvalue weighted by Gasteiger charge is -2.06. The van der Waals surface area contributed by atoms with Crippen molar-refractivity contribution in [3.63, 3.8) is 0 Å². The number of aromatic nitrogens is 2. The van der Waals surface area contributed by atoms with Crippen molar-refractivity contribution < 1.29 is 9.47 Å². The first-order chi connectivity index (χ1) is 10.1. The molecule has 0 amide bonds. The minimum Gasteiger partial charge on any atom is -0.493 e. The van der Waals surface area contributed by atoms with E-state index in [0.717, 1.165) is 31.4 Å². The highest BCUT2D eigenvalue weighted by molar-refractivity contribution is 9.11. The summed E-state index contributed by atoms with van der Waals surface area (Å²) in [6.07, 6.45) is 0. The number of rotatable bonds is 3. The molecule has 21 heavy (non-hydrogen) atoms. The maximum atomic E-state index is 5.31. The third kappa shape index (κ3) is 2.65. The molecule has 3 rings (SSSR count). The number of hydrogen-bond acceptors (Lipinski definition) is 3. The number of methoxy groups -OCH3 is 2. The Bertz CT molecular complexity index is 774. The monoisotopic (exact) mass is 410 g/mol. The van der Waals surface area contributed by atoms with Crippen LogP contribution in [0.3, 0.4) is 0 Å². The predicted molar refractivity (Wildman–Crippen MR) is 90.0 cm³/mol. The summed E-state index contributed by atoms with van der Waals surface area (Å²) in [4.78, 5) is 7.93. The second-order valence-electron chi connectivity index (χ2n) is 4.43. The molecule has 4 nitrogen and oxygen atoms in total. The van der Waals surface area contributed by atoms with E-state index in [4.69, 9.17) is 9.47 Å². The van der Waals surface area contributed by atoms with Crippen LogP contribution in [0, 0.1) is 0 Å². The van der Waals surface area contributed by atoms with Gasteiger partial charge >= 0.3 is 0 Å². The molecule has 1 heterocycles. The second kappa shape index (κ2) is 5.69. The van der Waals surface area contributed by atoms with Gasteiger partial charge in [0.25, 0.3) is 0 Å². The van der Waals surface area contributed by atoms with Crippen molar-refractivity contribution in [3.05, 3.63) is 39.3 Å². The topological polar surface area (TPSA) is 47.1 Å². The molecule has 0 fully saturated rings. The molecule has 3 aromatic rings. The molecule has 108 valence electrons. The minimum absolute atomic E-state index is 0.665. The van der Waals surface area contributed by atoms with Crippen LogP contribution in [0.25, 0.3) is 22.4 Å². The van der Waals surface area contributed by atoms with Gasteiger partial charge in [0, 0.05) is 26.6 Å². The highest BCUT2D eigenvalue weighted by Crippen LogP contribution is 2.34. The lowest BCUT2D eigenvalue weighted by molar-refractivity contribution is 0.356. The number of aromatic amines is 1.